The van der Waals surface area contributed by atoms with Gasteiger partial charge in [-0.25, -0.2) is 0 Å². The predicted octanol–water partition coefficient (Wildman–Crippen LogP) is 4.99. The molecule has 0 aromatic heterocycles. The average molecular weight is 472 g/mol. The second kappa shape index (κ2) is 2.78. The second-order valence-corrected chi connectivity index (χ2v) is 11.1. The monoisotopic (exact) mass is 468 g/mol. The van der Waals surface area contributed by atoms with Crippen molar-refractivity contribution < 1.29 is 0 Å². The summed E-state index contributed by atoms with van der Waals surface area (Å²) in [6.07, 6.45) is 0. The molecule has 84 valence electrons. The van der Waals surface area contributed by atoms with E-state index in [1.165, 1.54) is 6.78 Å². The lowest BCUT2D eigenvalue weighted by Gasteiger charge is -2.62. The summed E-state index contributed by atoms with van der Waals surface area (Å²) in [5.74, 6) is 7.66. The standard InChI is InChI=1S/C12H8Br4/c13-11(14)9-5-1-2-4(5)8-7(9)3(1)6(2)10(8)12(15)16/h1-8H/t1-,2-,3-,4-,5+,6+,7-,8-/m1/s1. The molecule has 0 saturated heterocycles. The minimum Gasteiger partial charge on any atom is -0.0426 e. The van der Waals surface area contributed by atoms with Gasteiger partial charge < -0.3 is 0 Å². The van der Waals surface area contributed by atoms with E-state index < -0.39 is 0 Å². The van der Waals surface area contributed by atoms with E-state index in [2.05, 4.69) is 63.7 Å². The van der Waals surface area contributed by atoms with Crippen molar-refractivity contribution >= 4 is 63.7 Å². The maximum absolute atomic E-state index is 3.68. The smallest absolute Gasteiger partial charge is 0.0426 e. The van der Waals surface area contributed by atoms with Crippen LogP contribution in [0.3, 0.4) is 0 Å². The van der Waals surface area contributed by atoms with Gasteiger partial charge in [-0.2, -0.15) is 0 Å². The van der Waals surface area contributed by atoms with Crippen LogP contribution in [-0.2, 0) is 0 Å². The Hall–Kier alpha value is 1.40. The molecule has 0 aromatic carbocycles. The molecule has 0 unspecified atom stereocenters. The highest BCUT2D eigenvalue weighted by Gasteiger charge is 2.87. The largest absolute Gasteiger partial charge is 0.0602 e. The molecule has 6 fully saturated rings. The van der Waals surface area contributed by atoms with Crippen LogP contribution in [0.2, 0.25) is 0 Å². The molecule has 4 heteroatoms. The van der Waals surface area contributed by atoms with Gasteiger partial charge in [0.25, 0.3) is 0 Å². The molecule has 6 aliphatic rings. The van der Waals surface area contributed by atoms with E-state index in [1.807, 2.05) is 0 Å². The second-order valence-electron chi connectivity index (χ2n) is 5.84. The first-order valence-corrected chi connectivity index (χ1v) is 8.92. The first kappa shape index (κ1) is 10.2. The summed E-state index contributed by atoms with van der Waals surface area (Å²) in [7, 11) is 0. The molecular weight excluding hydrogens is 464 g/mol. The van der Waals surface area contributed by atoms with Crippen LogP contribution in [0, 0.1) is 47.3 Å². The van der Waals surface area contributed by atoms with Crippen molar-refractivity contribution in [2.75, 3.05) is 0 Å². The lowest BCUT2D eigenvalue weighted by Crippen LogP contribution is -2.60. The van der Waals surface area contributed by atoms with Crippen LogP contribution in [0.25, 0.3) is 0 Å². The van der Waals surface area contributed by atoms with E-state index in [1.54, 1.807) is 11.1 Å². The Labute approximate surface area is 128 Å². The molecule has 0 spiro atoms. The van der Waals surface area contributed by atoms with E-state index in [-0.39, 0.29) is 0 Å². The van der Waals surface area contributed by atoms with E-state index in [4.69, 9.17) is 0 Å². The van der Waals surface area contributed by atoms with Crippen molar-refractivity contribution in [1.82, 2.24) is 0 Å². The highest BCUT2D eigenvalue weighted by Crippen LogP contribution is 2.92. The first-order valence-electron chi connectivity index (χ1n) is 5.74. The van der Waals surface area contributed by atoms with Gasteiger partial charge in [-0.3, -0.25) is 0 Å². The Kier molecular flexibility index (Phi) is 1.78. The van der Waals surface area contributed by atoms with Crippen LogP contribution in [-0.4, -0.2) is 0 Å². The third-order valence-corrected chi connectivity index (χ3v) is 7.91. The molecule has 0 nitrogen and oxygen atoms in total. The molecule has 6 rings (SSSR count). The fourth-order valence-corrected chi connectivity index (χ4v) is 8.27. The molecule has 0 heterocycles. The van der Waals surface area contributed by atoms with E-state index in [9.17, 15) is 0 Å². The number of hydrogen-bond acceptors (Lipinski definition) is 0. The number of rotatable bonds is 0. The van der Waals surface area contributed by atoms with E-state index >= 15 is 0 Å². The van der Waals surface area contributed by atoms with Crippen molar-refractivity contribution in [3.8, 4) is 0 Å². The van der Waals surface area contributed by atoms with Gasteiger partial charge in [-0.15, -0.1) is 0 Å². The summed E-state index contributed by atoms with van der Waals surface area (Å²) in [5, 5.41) is 0. The summed E-state index contributed by atoms with van der Waals surface area (Å²) < 4.78 is 2.53. The highest BCUT2D eigenvalue weighted by atomic mass is 79.9. The highest BCUT2D eigenvalue weighted by molar-refractivity contribution is 9.28. The number of allylic oxidation sites excluding steroid dienone is 2. The van der Waals surface area contributed by atoms with Gasteiger partial charge in [-0.05, 0) is 122 Å². The van der Waals surface area contributed by atoms with Crippen LogP contribution in [0.5, 0.6) is 0 Å². The SMILES string of the molecule is BrC(Br)=C1[C@@H]2[C@@H]3[C@H]4C(=C(Br)Br)[C@@H]5[C@H]([C@@H]14)[C@H]2[C@@H]53. The van der Waals surface area contributed by atoms with Crippen molar-refractivity contribution in [3.05, 3.63) is 17.9 Å². The first-order chi connectivity index (χ1) is 7.64. The van der Waals surface area contributed by atoms with Gasteiger partial charge in [-0.1, -0.05) is 0 Å². The molecule has 4 bridgehead atoms. The molecule has 16 heavy (non-hydrogen) atoms. The molecule has 6 saturated carbocycles. The predicted molar refractivity (Wildman–Crippen MR) is 77.7 cm³/mol. The zero-order valence-corrected chi connectivity index (χ0v) is 14.5. The lowest BCUT2D eigenvalue weighted by atomic mass is 9.41. The topological polar surface area (TPSA) is 0 Å². The van der Waals surface area contributed by atoms with Gasteiger partial charge in [0.05, 0.1) is 6.78 Å². The van der Waals surface area contributed by atoms with Gasteiger partial charge in [0.1, 0.15) is 0 Å². The van der Waals surface area contributed by atoms with E-state index in [0.29, 0.717) is 0 Å². The number of hydrogen-bond donors (Lipinski definition) is 0. The maximum atomic E-state index is 3.68. The molecule has 8 atom stereocenters. The Morgan fingerprint density at radius 3 is 1.25 bits per heavy atom. The average Bonchev–Trinajstić information content (AvgIpc) is 2.62. The zero-order chi connectivity index (χ0) is 10.9. The van der Waals surface area contributed by atoms with Crippen LogP contribution in [0.15, 0.2) is 17.9 Å². The van der Waals surface area contributed by atoms with Gasteiger partial charge in [0.15, 0.2) is 0 Å². The Morgan fingerprint density at radius 2 is 0.938 bits per heavy atom. The van der Waals surface area contributed by atoms with Gasteiger partial charge in [0, 0.05) is 0 Å². The van der Waals surface area contributed by atoms with Crippen LogP contribution in [0.4, 0.5) is 0 Å². The molecule has 0 radical (unpaired) electrons. The summed E-state index contributed by atoms with van der Waals surface area (Å²) >= 11 is 14.7. The molecule has 0 aliphatic heterocycles. The summed E-state index contributed by atoms with van der Waals surface area (Å²) in [6, 6.07) is 0. The third-order valence-electron chi connectivity index (χ3n) is 6.08. The summed E-state index contributed by atoms with van der Waals surface area (Å²) in [6.45, 7) is 0. The fourth-order valence-electron chi connectivity index (χ4n) is 6.16. The van der Waals surface area contributed by atoms with Crippen LogP contribution >= 0.6 is 63.7 Å². The Morgan fingerprint density at radius 1 is 0.562 bits per heavy atom. The lowest BCUT2D eigenvalue weighted by molar-refractivity contribution is -0.166. The Balaban J connectivity index is 1.79. The fraction of sp³-hybridized carbons (Fsp3) is 0.667. The molecule has 0 aromatic rings. The molecular formula is C12H8Br4. The quantitative estimate of drug-likeness (QED) is 0.467. The molecule has 0 amide bonds. The number of halogens is 4. The minimum atomic E-state index is 0.865. The van der Waals surface area contributed by atoms with Crippen molar-refractivity contribution in [3.63, 3.8) is 0 Å². The Bertz CT molecular complexity index is 451. The van der Waals surface area contributed by atoms with Crippen LogP contribution in [0.1, 0.15) is 0 Å². The molecule has 6 aliphatic carbocycles. The van der Waals surface area contributed by atoms with Crippen molar-refractivity contribution in [1.29, 1.82) is 0 Å². The zero-order valence-electron chi connectivity index (χ0n) is 8.13. The van der Waals surface area contributed by atoms with Gasteiger partial charge >= 0.3 is 0 Å². The summed E-state index contributed by atoms with van der Waals surface area (Å²) in [4.78, 5) is 0. The van der Waals surface area contributed by atoms with Crippen molar-refractivity contribution in [2.45, 2.75) is 0 Å². The summed E-state index contributed by atoms with van der Waals surface area (Å²) in [5.41, 5.74) is 3.44. The van der Waals surface area contributed by atoms with Crippen molar-refractivity contribution in [2.24, 2.45) is 47.3 Å². The van der Waals surface area contributed by atoms with E-state index in [0.717, 1.165) is 47.3 Å². The normalized spacial score (nSPS) is 61.5. The molecule has 0 N–H and O–H groups in total. The van der Waals surface area contributed by atoms with Gasteiger partial charge in [0.2, 0.25) is 0 Å². The third kappa shape index (κ3) is 0.747. The maximum Gasteiger partial charge on any atom is 0.0602 e. The van der Waals surface area contributed by atoms with Crippen LogP contribution < -0.4 is 0 Å². The minimum absolute atomic E-state index is 0.865.